The number of carbonyl (C=O) groups is 2. The molecule has 0 unspecified atom stereocenters. The molecule has 0 spiro atoms. The van der Waals surface area contributed by atoms with Gasteiger partial charge in [-0.3, -0.25) is 14.8 Å². The minimum absolute atomic E-state index is 0.00171. The molecule has 4 N–H and O–H groups in total. The first kappa shape index (κ1) is 13.9. The molecular weight excluding hydrogens is 200 g/mol. The van der Waals surface area contributed by atoms with E-state index in [1.807, 2.05) is 0 Å². The minimum Gasteiger partial charge on any atom is -0.469 e. The van der Waals surface area contributed by atoms with Crippen molar-refractivity contribution in [3.05, 3.63) is 0 Å². The monoisotopic (exact) mass is 219 g/mol. The van der Waals surface area contributed by atoms with E-state index in [-0.39, 0.29) is 19.4 Å². The summed E-state index contributed by atoms with van der Waals surface area (Å²) in [5, 5.41) is 9.89. The van der Waals surface area contributed by atoms with Crippen molar-refractivity contribution >= 4 is 11.9 Å². The van der Waals surface area contributed by atoms with E-state index in [9.17, 15) is 14.8 Å². The zero-order valence-electron chi connectivity index (χ0n) is 9.07. The van der Waals surface area contributed by atoms with Gasteiger partial charge in [-0.1, -0.05) is 0 Å². The van der Waals surface area contributed by atoms with Crippen LogP contribution < -0.4 is 5.73 Å². The molecule has 0 aromatic carbocycles. The fourth-order valence-electron chi connectivity index (χ4n) is 1.00. The van der Waals surface area contributed by atoms with Crippen LogP contribution in [0.2, 0.25) is 0 Å². The van der Waals surface area contributed by atoms with E-state index in [1.165, 1.54) is 7.11 Å². The van der Waals surface area contributed by atoms with Gasteiger partial charge in [-0.2, -0.15) is 0 Å². The number of unbranched alkanes of at least 4 members (excludes halogenated alkanes) is 1. The van der Waals surface area contributed by atoms with Crippen LogP contribution in [0.5, 0.6) is 0 Å². The molecule has 0 saturated heterocycles. The Morgan fingerprint density at radius 1 is 1.33 bits per heavy atom. The lowest BCUT2D eigenvalue weighted by Gasteiger charge is -2.13. The summed E-state index contributed by atoms with van der Waals surface area (Å²) in [7, 11) is 1.26. The van der Waals surface area contributed by atoms with Gasteiger partial charge in [-0.05, 0) is 12.8 Å². The highest BCUT2D eigenvalue weighted by Crippen LogP contribution is 1.99. The SMILES string of the molecule is COC(=O)CCC(=O)N(O)CCCC[NH3+]. The number of amides is 1. The van der Waals surface area contributed by atoms with Crippen LogP contribution in [-0.4, -0.2) is 42.3 Å². The number of hydroxylamine groups is 2. The third-order valence-electron chi connectivity index (χ3n) is 1.93. The minimum atomic E-state index is -0.454. The first-order valence-corrected chi connectivity index (χ1v) is 4.97. The predicted molar refractivity (Wildman–Crippen MR) is 51.7 cm³/mol. The van der Waals surface area contributed by atoms with Crippen molar-refractivity contribution in [1.82, 2.24) is 5.06 Å². The van der Waals surface area contributed by atoms with Gasteiger partial charge in [0.25, 0.3) is 0 Å². The van der Waals surface area contributed by atoms with Crippen molar-refractivity contribution in [2.45, 2.75) is 25.7 Å². The lowest BCUT2D eigenvalue weighted by molar-refractivity contribution is -0.368. The van der Waals surface area contributed by atoms with Gasteiger partial charge < -0.3 is 10.5 Å². The molecule has 0 aromatic heterocycles. The topological polar surface area (TPSA) is 94.5 Å². The first-order valence-electron chi connectivity index (χ1n) is 4.97. The number of nitrogens with zero attached hydrogens (tertiary/aromatic N) is 1. The summed E-state index contributed by atoms with van der Waals surface area (Å²) in [5.74, 6) is -0.904. The number of carbonyl (C=O) groups excluding carboxylic acids is 2. The van der Waals surface area contributed by atoms with Crippen molar-refractivity contribution in [3.63, 3.8) is 0 Å². The average Bonchev–Trinajstić information content (AvgIpc) is 2.25. The number of ether oxygens (including phenoxy) is 1. The summed E-state index contributed by atoms with van der Waals surface area (Å²) in [6, 6.07) is 0. The van der Waals surface area contributed by atoms with Crippen LogP contribution in [0.15, 0.2) is 0 Å². The molecule has 6 nitrogen and oxygen atoms in total. The Bertz CT molecular complexity index is 208. The third kappa shape index (κ3) is 6.87. The highest BCUT2D eigenvalue weighted by molar-refractivity contribution is 5.80. The Balaban J connectivity index is 3.64. The van der Waals surface area contributed by atoms with Crippen molar-refractivity contribution in [2.24, 2.45) is 0 Å². The Hall–Kier alpha value is -1.14. The van der Waals surface area contributed by atoms with Gasteiger partial charge >= 0.3 is 5.97 Å². The van der Waals surface area contributed by atoms with E-state index >= 15 is 0 Å². The Morgan fingerprint density at radius 3 is 2.53 bits per heavy atom. The van der Waals surface area contributed by atoms with Crippen LogP contribution in [-0.2, 0) is 14.3 Å². The zero-order chi connectivity index (χ0) is 11.7. The zero-order valence-corrected chi connectivity index (χ0v) is 9.07. The summed E-state index contributed by atoms with van der Waals surface area (Å²) < 4.78 is 4.38. The van der Waals surface area contributed by atoms with Crippen LogP contribution in [0.4, 0.5) is 0 Å². The Kier molecular flexibility index (Phi) is 7.57. The lowest BCUT2D eigenvalue weighted by atomic mass is 10.2. The van der Waals surface area contributed by atoms with E-state index in [0.717, 1.165) is 13.0 Å². The Morgan fingerprint density at radius 2 is 2.00 bits per heavy atom. The van der Waals surface area contributed by atoms with Gasteiger partial charge in [-0.15, -0.1) is 0 Å². The average molecular weight is 219 g/mol. The van der Waals surface area contributed by atoms with Crippen molar-refractivity contribution in [1.29, 1.82) is 0 Å². The van der Waals surface area contributed by atoms with Gasteiger partial charge in [-0.25, -0.2) is 5.06 Å². The highest BCUT2D eigenvalue weighted by Gasteiger charge is 2.12. The van der Waals surface area contributed by atoms with Crippen LogP contribution >= 0.6 is 0 Å². The van der Waals surface area contributed by atoms with Gasteiger partial charge in [0.15, 0.2) is 0 Å². The maximum atomic E-state index is 11.2. The van der Waals surface area contributed by atoms with Gasteiger partial charge in [0.1, 0.15) is 0 Å². The smallest absolute Gasteiger partial charge is 0.306 e. The number of hydrogen-bond acceptors (Lipinski definition) is 4. The number of esters is 1. The quantitative estimate of drug-likeness (QED) is 0.253. The summed E-state index contributed by atoms with van der Waals surface area (Å²) >= 11 is 0. The van der Waals surface area contributed by atoms with Crippen molar-refractivity contribution in [3.8, 4) is 0 Å². The number of methoxy groups -OCH3 is 1. The van der Waals surface area contributed by atoms with Gasteiger partial charge in [0.05, 0.1) is 20.1 Å². The number of hydrogen-bond donors (Lipinski definition) is 2. The number of quaternary nitrogens is 1. The molecule has 0 heterocycles. The molecule has 0 fully saturated rings. The molecule has 1 amide bonds. The molecule has 0 rings (SSSR count). The molecule has 88 valence electrons. The third-order valence-corrected chi connectivity index (χ3v) is 1.93. The summed E-state index contributed by atoms with van der Waals surface area (Å²) in [6.45, 7) is 1.07. The molecule has 6 heteroatoms. The van der Waals surface area contributed by atoms with E-state index < -0.39 is 11.9 Å². The normalized spacial score (nSPS) is 9.80. The number of rotatable bonds is 7. The lowest BCUT2D eigenvalue weighted by Crippen LogP contribution is -2.50. The second-order valence-corrected chi connectivity index (χ2v) is 3.15. The van der Waals surface area contributed by atoms with Crippen molar-refractivity contribution in [2.75, 3.05) is 20.2 Å². The van der Waals surface area contributed by atoms with Crippen LogP contribution in [0.3, 0.4) is 0 Å². The largest absolute Gasteiger partial charge is 0.469 e. The first-order chi connectivity index (χ1) is 7.11. The molecule has 0 aliphatic heterocycles. The maximum Gasteiger partial charge on any atom is 0.306 e. The summed E-state index contributed by atoms with van der Waals surface area (Å²) in [6.07, 6.45) is 1.56. The van der Waals surface area contributed by atoms with Crippen molar-refractivity contribution < 1.29 is 25.3 Å². The van der Waals surface area contributed by atoms with E-state index in [2.05, 4.69) is 10.5 Å². The molecule has 15 heavy (non-hydrogen) atoms. The van der Waals surface area contributed by atoms with Gasteiger partial charge in [0, 0.05) is 13.0 Å². The molecule has 0 aliphatic carbocycles. The maximum absolute atomic E-state index is 11.2. The van der Waals surface area contributed by atoms with E-state index in [4.69, 9.17) is 0 Å². The van der Waals surface area contributed by atoms with E-state index in [1.54, 1.807) is 0 Å². The fraction of sp³-hybridized carbons (Fsp3) is 0.778. The molecular formula is C9H19N2O4+. The van der Waals surface area contributed by atoms with E-state index in [0.29, 0.717) is 11.5 Å². The second kappa shape index (κ2) is 8.19. The molecule has 0 saturated carbocycles. The summed E-state index contributed by atoms with van der Waals surface area (Å²) in [4.78, 5) is 21.9. The van der Waals surface area contributed by atoms with Crippen LogP contribution in [0.25, 0.3) is 0 Å². The van der Waals surface area contributed by atoms with Crippen LogP contribution in [0.1, 0.15) is 25.7 Å². The fourth-order valence-corrected chi connectivity index (χ4v) is 1.00. The molecule has 0 aliphatic rings. The molecule has 0 aromatic rings. The molecule has 0 radical (unpaired) electrons. The second-order valence-electron chi connectivity index (χ2n) is 3.15. The van der Waals surface area contributed by atoms with Crippen LogP contribution in [0, 0.1) is 0 Å². The predicted octanol–water partition coefficient (Wildman–Crippen LogP) is -0.820. The Labute approximate surface area is 88.9 Å². The molecule has 0 bridgehead atoms. The standard InChI is InChI=1S/C9H18N2O4/c1-15-9(13)5-4-8(12)11(14)7-3-2-6-10/h14H,2-7,10H2,1H3/p+1. The summed E-state index contributed by atoms with van der Waals surface area (Å²) in [5.41, 5.74) is 3.65. The highest BCUT2D eigenvalue weighted by atomic mass is 16.5. The van der Waals surface area contributed by atoms with Gasteiger partial charge in [0.2, 0.25) is 5.91 Å². The molecule has 0 atom stereocenters.